The molecule has 0 spiro atoms. The summed E-state index contributed by atoms with van der Waals surface area (Å²) < 4.78 is 5.25. The zero-order chi connectivity index (χ0) is 10.8. The molecular formula is C11H10N2O2. The molecule has 0 aromatic heterocycles. The monoisotopic (exact) mass is 202 g/mol. The number of para-hydroxylation sites is 1. The largest absolute Gasteiger partial charge is 0.481 e. The van der Waals surface area contributed by atoms with E-state index in [1.807, 2.05) is 0 Å². The molecule has 1 aliphatic rings. The Labute approximate surface area is 87.6 Å². The summed E-state index contributed by atoms with van der Waals surface area (Å²) in [7, 11) is 0. The molecule has 1 aromatic rings. The highest BCUT2D eigenvalue weighted by molar-refractivity contribution is 6.01. The van der Waals surface area contributed by atoms with Crippen LogP contribution >= 0.6 is 0 Å². The number of rotatable bonds is 1. The van der Waals surface area contributed by atoms with Crippen molar-refractivity contribution in [1.29, 1.82) is 0 Å². The van der Waals surface area contributed by atoms with Crippen LogP contribution in [0.3, 0.4) is 0 Å². The van der Waals surface area contributed by atoms with E-state index in [1.165, 1.54) is 4.90 Å². The smallest absolute Gasteiger partial charge is 0.265 e. The van der Waals surface area contributed by atoms with Crippen LogP contribution in [0.4, 0.5) is 11.4 Å². The number of carbonyl (C=O) groups is 1. The summed E-state index contributed by atoms with van der Waals surface area (Å²) in [6.07, 6.45) is 5.20. The van der Waals surface area contributed by atoms with Crippen molar-refractivity contribution >= 4 is 17.3 Å². The Hall–Kier alpha value is -2.15. The first kappa shape index (κ1) is 9.41. The van der Waals surface area contributed by atoms with Gasteiger partial charge in [0.25, 0.3) is 5.91 Å². The van der Waals surface area contributed by atoms with Crippen molar-refractivity contribution < 1.29 is 9.53 Å². The number of ether oxygens (including phenoxy) is 1. The van der Waals surface area contributed by atoms with Crippen molar-refractivity contribution in [2.45, 2.75) is 0 Å². The molecule has 15 heavy (non-hydrogen) atoms. The summed E-state index contributed by atoms with van der Waals surface area (Å²) in [5, 5.41) is 0. The highest BCUT2D eigenvalue weighted by Crippen LogP contribution is 2.36. The molecule has 0 atom stereocenters. The molecule has 0 unspecified atom stereocenters. The first-order valence-corrected chi connectivity index (χ1v) is 4.49. The maximum atomic E-state index is 11.5. The highest BCUT2D eigenvalue weighted by atomic mass is 16.5. The zero-order valence-electron chi connectivity index (χ0n) is 8.06. The highest BCUT2D eigenvalue weighted by Gasteiger charge is 2.26. The SMILES string of the molecule is C#CCN1C(=O)COc2cccc(N)c21. The molecule has 0 radical (unpaired) electrons. The molecule has 0 saturated carbocycles. The van der Waals surface area contributed by atoms with Crippen molar-refractivity contribution in [3.63, 3.8) is 0 Å². The first-order chi connectivity index (χ1) is 7.24. The molecule has 1 amide bonds. The van der Waals surface area contributed by atoms with E-state index in [9.17, 15) is 4.79 Å². The van der Waals surface area contributed by atoms with Crippen LogP contribution in [0.15, 0.2) is 18.2 Å². The van der Waals surface area contributed by atoms with Gasteiger partial charge in [-0.3, -0.25) is 9.69 Å². The van der Waals surface area contributed by atoms with Gasteiger partial charge in [0, 0.05) is 0 Å². The van der Waals surface area contributed by atoms with Crippen LogP contribution in [0, 0.1) is 12.3 Å². The molecule has 4 nitrogen and oxygen atoms in total. The number of nitrogens with zero attached hydrogens (tertiary/aromatic N) is 1. The molecule has 76 valence electrons. The third-order valence-corrected chi connectivity index (χ3v) is 2.20. The Kier molecular flexibility index (Phi) is 2.22. The molecular weight excluding hydrogens is 192 g/mol. The standard InChI is InChI=1S/C11H10N2O2/c1-2-6-13-10(14)7-15-9-5-3-4-8(12)11(9)13/h1,3-5H,6-7,12H2. The van der Waals surface area contributed by atoms with Crippen LogP contribution in [0.1, 0.15) is 0 Å². The van der Waals surface area contributed by atoms with Crippen molar-refractivity contribution in [3.05, 3.63) is 18.2 Å². The Morgan fingerprint density at radius 1 is 1.60 bits per heavy atom. The maximum Gasteiger partial charge on any atom is 0.265 e. The van der Waals surface area contributed by atoms with E-state index in [0.29, 0.717) is 17.1 Å². The molecule has 0 aliphatic carbocycles. The van der Waals surface area contributed by atoms with Crippen LogP contribution in [-0.4, -0.2) is 19.1 Å². The van der Waals surface area contributed by atoms with E-state index in [1.54, 1.807) is 18.2 Å². The van der Waals surface area contributed by atoms with Crippen LogP contribution in [0.25, 0.3) is 0 Å². The second-order valence-electron chi connectivity index (χ2n) is 3.17. The number of benzene rings is 1. The lowest BCUT2D eigenvalue weighted by Crippen LogP contribution is -2.39. The third kappa shape index (κ3) is 1.48. The quantitative estimate of drug-likeness (QED) is 0.536. The fourth-order valence-electron chi connectivity index (χ4n) is 1.55. The number of nitrogens with two attached hydrogens (primary N) is 1. The number of hydrogen-bond acceptors (Lipinski definition) is 3. The van der Waals surface area contributed by atoms with E-state index in [0.717, 1.165) is 0 Å². The van der Waals surface area contributed by atoms with Crippen molar-refractivity contribution in [3.8, 4) is 18.1 Å². The number of fused-ring (bicyclic) bond motifs is 1. The summed E-state index contributed by atoms with van der Waals surface area (Å²) in [6.45, 7) is 0.224. The maximum absolute atomic E-state index is 11.5. The number of terminal acetylenes is 1. The minimum absolute atomic E-state index is 0.0120. The number of nitrogen functional groups attached to an aromatic ring is 1. The average molecular weight is 202 g/mol. The lowest BCUT2D eigenvalue weighted by molar-refractivity contribution is -0.121. The van der Waals surface area contributed by atoms with Gasteiger partial charge in [-0.25, -0.2) is 0 Å². The predicted molar refractivity (Wildman–Crippen MR) is 57.5 cm³/mol. The minimum Gasteiger partial charge on any atom is -0.481 e. The fourth-order valence-corrected chi connectivity index (χ4v) is 1.55. The van der Waals surface area contributed by atoms with Gasteiger partial charge in [0.05, 0.1) is 12.2 Å². The van der Waals surface area contributed by atoms with Gasteiger partial charge in [-0.2, -0.15) is 0 Å². The molecule has 2 rings (SSSR count). The predicted octanol–water partition coefficient (Wildman–Crippen LogP) is 0.627. The fraction of sp³-hybridized carbons (Fsp3) is 0.182. The van der Waals surface area contributed by atoms with E-state index < -0.39 is 0 Å². The van der Waals surface area contributed by atoms with E-state index in [4.69, 9.17) is 16.9 Å². The van der Waals surface area contributed by atoms with Gasteiger partial charge in [-0.15, -0.1) is 6.42 Å². The van der Waals surface area contributed by atoms with Gasteiger partial charge < -0.3 is 10.5 Å². The first-order valence-electron chi connectivity index (χ1n) is 4.49. The van der Waals surface area contributed by atoms with Gasteiger partial charge in [-0.05, 0) is 12.1 Å². The molecule has 0 fully saturated rings. The summed E-state index contributed by atoms with van der Waals surface area (Å²) >= 11 is 0. The number of hydrogen-bond donors (Lipinski definition) is 1. The van der Waals surface area contributed by atoms with Crippen LogP contribution in [0.5, 0.6) is 5.75 Å². The van der Waals surface area contributed by atoms with Gasteiger partial charge >= 0.3 is 0 Å². The number of anilines is 2. The lowest BCUT2D eigenvalue weighted by Gasteiger charge is -2.28. The molecule has 1 aromatic carbocycles. The second-order valence-corrected chi connectivity index (χ2v) is 3.17. The zero-order valence-corrected chi connectivity index (χ0v) is 8.06. The minimum atomic E-state index is -0.168. The van der Waals surface area contributed by atoms with Gasteiger partial charge in [0.15, 0.2) is 6.61 Å². The summed E-state index contributed by atoms with van der Waals surface area (Å²) in [4.78, 5) is 13.0. The number of carbonyl (C=O) groups excluding carboxylic acids is 1. The van der Waals surface area contributed by atoms with Gasteiger partial charge in [0.1, 0.15) is 11.4 Å². The molecule has 0 bridgehead atoms. The normalized spacial score (nSPS) is 14.1. The molecule has 2 N–H and O–H groups in total. The Bertz CT molecular complexity index is 448. The Morgan fingerprint density at radius 2 is 2.40 bits per heavy atom. The van der Waals surface area contributed by atoms with Crippen LogP contribution in [-0.2, 0) is 4.79 Å². The van der Waals surface area contributed by atoms with E-state index in [-0.39, 0.29) is 19.1 Å². The van der Waals surface area contributed by atoms with E-state index in [2.05, 4.69) is 5.92 Å². The van der Waals surface area contributed by atoms with E-state index >= 15 is 0 Å². The molecule has 1 aliphatic heterocycles. The van der Waals surface area contributed by atoms with Crippen molar-refractivity contribution in [1.82, 2.24) is 0 Å². The van der Waals surface area contributed by atoms with Crippen LogP contribution < -0.4 is 15.4 Å². The van der Waals surface area contributed by atoms with Crippen molar-refractivity contribution in [2.24, 2.45) is 0 Å². The average Bonchev–Trinajstić information content (AvgIpc) is 2.23. The lowest BCUT2D eigenvalue weighted by atomic mass is 10.2. The summed E-state index contributed by atoms with van der Waals surface area (Å²) in [5.41, 5.74) is 6.85. The van der Waals surface area contributed by atoms with Crippen molar-refractivity contribution in [2.75, 3.05) is 23.8 Å². The Morgan fingerprint density at radius 3 is 3.13 bits per heavy atom. The molecule has 0 saturated heterocycles. The Balaban J connectivity index is 2.51. The summed E-state index contributed by atoms with van der Waals surface area (Å²) in [6, 6.07) is 5.25. The topological polar surface area (TPSA) is 55.6 Å². The van der Waals surface area contributed by atoms with Gasteiger partial charge in [-0.1, -0.05) is 12.0 Å². The molecule has 4 heteroatoms. The van der Waals surface area contributed by atoms with Gasteiger partial charge in [0.2, 0.25) is 0 Å². The molecule has 1 heterocycles. The third-order valence-electron chi connectivity index (χ3n) is 2.20. The number of amides is 1. The second kappa shape index (κ2) is 3.54. The van der Waals surface area contributed by atoms with Crippen LogP contribution in [0.2, 0.25) is 0 Å². The summed E-state index contributed by atoms with van der Waals surface area (Å²) in [5.74, 6) is 2.86.